The van der Waals surface area contributed by atoms with Crippen molar-refractivity contribution in [3.8, 4) is 11.4 Å². The van der Waals surface area contributed by atoms with Gasteiger partial charge in [0.25, 0.3) is 0 Å². The Balaban J connectivity index is 2.51. The zero-order valence-corrected chi connectivity index (χ0v) is 13.9. The summed E-state index contributed by atoms with van der Waals surface area (Å²) < 4.78 is 16.2. The molecule has 0 unspecified atom stereocenters. The van der Waals surface area contributed by atoms with Gasteiger partial charge in [-0.05, 0) is 24.1 Å². The van der Waals surface area contributed by atoms with Gasteiger partial charge >= 0.3 is 0 Å². The number of hydrogen-bond acceptors (Lipinski definition) is 2. The summed E-state index contributed by atoms with van der Waals surface area (Å²) in [5.74, 6) is 1.72. The minimum atomic E-state index is -0.288. The van der Waals surface area contributed by atoms with Crippen molar-refractivity contribution in [1.29, 1.82) is 0 Å². The number of rotatable bonds is 4. The molecule has 3 nitrogen and oxygen atoms in total. The lowest BCUT2D eigenvalue weighted by Crippen LogP contribution is -2.09. The molecule has 0 atom stereocenters. The van der Waals surface area contributed by atoms with E-state index in [2.05, 4.69) is 55.9 Å². The molecule has 2 aromatic rings. The molecular formula is C13H14Br2FN3. The van der Waals surface area contributed by atoms with Crippen molar-refractivity contribution < 1.29 is 4.39 Å². The van der Waals surface area contributed by atoms with Gasteiger partial charge in [0.05, 0.1) is 5.33 Å². The highest BCUT2D eigenvalue weighted by molar-refractivity contribution is 9.10. The summed E-state index contributed by atoms with van der Waals surface area (Å²) in [6.07, 6.45) is 0. The van der Waals surface area contributed by atoms with E-state index in [-0.39, 0.29) is 5.82 Å². The quantitative estimate of drug-likeness (QED) is 0.724. The standard InChI is InChI=1S/C13H14Br2FN3/c1-8(2)7-19-12(6-14)17-18-13(19)9-3-10(15)5-11(16)4-9/h3-5,8H,6-7H2,1-2H3. The molecule has 0 radical (unpaired) electrons. The van der Waals surface area contributed by atoms with Crippen LogP contribution in [-0.4, -0.2) is 14.8 Å². The summed E-state index contributed by atoms with van der Waals surface area (Å²) in [5.41, 5.74) is 0.729. The predicted molar refractivity (Wildman–Crippen MR) is 80.6 cm³/mol. The summed E-state index contributed by atoms with van der Waals surface area (Å²) in [7, 11) is 0. The first-order valence-electron chi connectivity index (χ1n) is 5.95. The SMILES string of the molecule is CC(C)Cn1c(CBr)nnc1-c1cc(F)cc(Br)c1. The van der Waals surface area contributed by atoms with E-state index in [1.807, 2.05) is 10.6 Å². The molecule has 0 aliphatic rings. The van der Waals surface area contributed by atoms with E-state index in [1.165, 1.54) is 12.1 Å². The summed E-state index contributed by atoms with van der Waals surface area (Å²) in [6, 6.07) is 4.75. The summed E-state index contributed by atoms with van der Waals surface area (Å²) in [5, 5.41) is 8.97. The molecule has 2 rings (SSSR count). The largest absolute Gasteiger partial charge is 0.310 e. The predicted octanol–water partition coefficient (Wildman–Crippen LogP) is 4.40. The Kier molecular flexibility index (Phi) is 4.73. The van der Waals surface area contributed by atoms with Gasteiger partial charge < -0.3 is 4.57 Å². The van der Waals surface area contributed by atoms with Crippen LogP contribution in [0, 0.1) is 11.7 Å². The summed E-state index contributed by atoms with van der Waals surface area (Å²) in [4.78, 5) is 0. The molecule has 1 aromatic carbocycles. The third-order valence-corrected chi connectivity index (χ3v) is 3.57. The summed E-state index contributed by atoms with van der Waals surface area (Å²) in [6.45, 7) is 5.06. The molecule has 0 spiro atoms. The van der Waals surface area contributed by atoms with Crippen molar-refractivity contribution in [3.63, 3.8) is 0 Å². The normalized spacial score (nSPS) is 11.3. The Morgan fingerprint density at radius 3 is 2.58 bits per heavy atom. The highest BCUT2D eigenvalue weighted by Crippen LogP contribution is 2.25. The van der Waals surface area contributed by atoms with Crippen molar-refractivity contribution in [2.24, 2.45) is 5.92 Å². The molecule has 0 N–H and O–H groups in total. The second-order valence-corrected chi connectivity index (χ2v) is 6.21. The van der Waals surface area contributed by atoms with Gasteiger partial charge in [0.1, 0.15) is 11.6 Å². The number of alkyl halides is 1. The fraction of sp³-hybridized carbons (Fsp3) is 0.385. The molecule has 19 heavy (non-hydrogen) atoms. The topological polar surface area (TPSA) is 30.7 Å². The van der Waals surface area contributed by atoms with E-state index in [1.54, 1.807) is 0 Å². The lowest BCUT2D eigenvalue weighted by Gasteiger charge is -2.12. The Morgan fingerprint density at radius 1 is 1.26 bits per heavy atom. The fourth-order valence-electron chi connectivity index (χ4n) is 1.89. The average molecular weight is 391 g/mol. The Morgan fingerprint density at radius 2 is 2.00 bits per heavy atom. The molecule has 102 valence electrons. The molecule has 0 saturated heterocycles. The van der Waals surface area contributed by atoms with Gasteiger partial charge in [-0.3, -0.25) is 0 Å². The third kappa shape index (κ3) is 3.42. The van der Waals surface area contributed by atoms with Crippen LogP contribution in [0.15, 0.2) is 22.7 Å². The maximum Gasteiger partial charge on any atom is 0.164 e. The van der Waals surface area contributed by atoms with Gasteiger partial charge in [0.15, 0.2) is 5.82 Å². The molecule has 1 aromatic heterocycles. The van der Waals surface area contributed by atoms with Crippen LogP contribution >= 0.6 is 31.9 Å². The zero-order valence-electron chi connectivity index (χ0n) is 10.7. The molecule has 1 heterocycles. The van der Waals surface area contributed by atoms with E-state index in [9.17, 15) is 4.39 Å². The Labute approximate surface area is 128 Å². The van der Waals surface area contributed by atoms with Crippen molar-refractivity contribution in [2.45, 2.75) is 25.7 Å². The van der Waals surface area contributed by atoms with E-state index in [4.69, 9.17) is 0 Å². The highest BCUT2D eigenvalue weighted by Gasteiger charge is 2.15. The van der Waals surface area contributed by atoms with Crippen molar-refractivity contribution >= 4 is 31.9 Å². The van der Waals surface area contributed by atoms with Gasteiger partial charge in [-0.15, -0.1) is 10.2 Å². The fourth-order valence-corrected chi connectivity index (χ4v) is 2.77. The molecule has 0 amide bonds. The molecule has 6 heteroatoms. The number of benzene rings is 1. The molecule has 0 aliphatic heterocycles. The van der Waals surface area contributed by atoms with Gasteiger partial charge in [0, 0.05) is 16.6 Å². The average Bonchev–Trinajstić information content (AvgIpc) is 2.69. The van der Waals surface area contributed by atoms with Crippen molar-refractivity contribution in [3.05, 3.63) is 34.3 Å². The second-order valence-electron chi connectivity index (χ2n) is 4.74. The number of aromatic nitrogens is 3. The van der Waals surface area contributed by atoms with Crippen LogP contribution in [0.5, 0.6) is 0 Å². The molecule has 0 aliphatic carbocycles. The maximum absolute atomic E-state index is 13.5. The lowest BCUT2D eigenvalue weighted by atomic mass is 10.2. The molecule has 0 saturated carbocycles. The van der Waals surface area contributed by atoms with Crippen LogP contribution in [0.1, 0.15) is 19.7 Å². The lowest BCUT2D eigenvalue weighted by molar-refractivity contribution is 0.516. The van der Waals surface area contributed by atoms with Gasteiger partial charge in [-0.2, -0.15) is 0 Å². The Bertz CT molecular complexity index is 561. The minimum absolute atomic E-state index is 0.288. The summed E-state index contributed by atoms with van der Waals surface area (Å²) >= 11 is 6.71. The van der Waals surface area contributed by atoms with E-state index >= 15 is 0 Å². The highest BCUT2D eigenvalue weighted by atomic mass is 79.9. The van der Waals surface area contributed by atoms with Crippen molar-refractivity contribution in [1.82, 2.24) is 14.8 Å². The number of nitrogens with zero attached hydrogens (tertiary/aromatic N) is 3. The molecule has 0 bridgehead atoms. The molecule has 0 fully saturated rings. The van der Waals surface area contributed by atoms with E-state index < -0.39 is 0 Å². The van der Waals surface area contributed by atoms with Crippen LogP contribution in [-0.2, 0) is 11.9 Å². The first-order valence-corrected chi connectivity index (χ1v) is 7.87. The number of halogens is 3. The van der Waals surface area contributed by atoms with Crippen LogP contribution in [0.25, 0.3) is 11.4 Å². The van der Waals surface area contributed by atoms with Crippen LogP contribution in [0.3, 0.4) is 0 Å². The van der Waals surface area contributed by atoms with Gasteiger partial charge in [-0.25, -0.2) is 4.39 Å². The van der Waals surface area contributed by atoms with E-state index in [0.29, 0.717) is 21.5 Å². The van der Waals surface area contributed by atoms with Gasteiger partial charge in [-0.1, -0.05) is 45.7 Å². The monoisotopic (exact) mass is 389 g/mol. The van der Waals surface area contributed by atoms with Crippen LogP contribution in [0.2, 0.25) is 0 Å². The first kappa shape index (κ1) is 14.7. The second kappa shape index (κ2) is 6.13. The third-order valence-electron chi connectivity index (χ3n) is 2.62. The minimum Gasteiger partial charge on any atom is -0.310 e. The van der Waals surface area contributed by atoms with Crippen LogP contribution in [0.4, 0.5) is 4.39 Å². The Hall–Kier alpha value is -0.750. The van der Waals surface area contributed by atoms with Gasteiger partial charge in [0.2, 0.25) is 0 Å². The molecular weight excluding hydrogens is 377 g/mol. The maximum atomic E-state index is 13.5. The first-order chi connectivity index (χ1) is 9.01. The van der Waals surface area contributed by atoms with Crippen LogP contribution < -0.4 is 0 Å². The van der Waals surface area contributed by atoms with Crippen molar-refractivity contribution in [2.75, 3.05) is 0 Å². The zero-order chi connectivity index (χ0) is 14.0. The smallest absolute Gasteiger partial charge is 0.164 e. The van der Waals surface area contributed by atoms with E-state index in [0.717, 1.165) is 17.9 Å². The number of hydrogen-bond donors (Lipinski definition) is 0.